The fraction of sp³-hybridized carbons (Fsp3) is 0.0625. The van der Waals surface area contributed by atoms with Crippen LogP contribution >= 0.6 is 0 Å². The summed E-state index contributed by atoms with van der Waals surface area (Å²) in [5, 5.41) is 2.64. The highest BCUT2D eigenvalue weighted by Gasteiger charge is 2.11. The number of hydrogen-bond donors (Lipinski definition) is 1. The summed E-state index contributed by atoms with van der Waals surface area (Å²) >= 11 is 0. The number of fused-ring (bicyclic) bond motifs is 1. The van der Waals surface area contributed by atoms with Crippen molar-refractivity contribution in [2.45, 2.75) is 6.92 Å². The second-order valence-electron chi connectivity index (χ2n) is 4.48. The zero-order valence-electron chi connectivity index (χ0n) is 11.4. The van der Waals surface area contributed by atoms with Gasteiger partial charge in [0.2, 0.25) is 5.88 Å². The molecular formula is C16H13N3O2. The Kier molecular flexibility index (Phi) is 3.47. The fourth-order valence-electron chi connectivity index (χ4n) is 1.92. The molecule has 0 bridgehead atoms. The predicted octanol–water partition coefficient (Wildman–Crippen LogP) is 3.55. The maximum Gasteiger partial charge on any atom is 0.418 e. The molecule has 5 nitrogen and oxygen atoms in total. The number of ether oxygens (including phenoxy) is 1. The molecule has 0 spiro atoms. The van der Waals surface area contributed by atoms with Gasteiger partial charge in [0.1, 0.15) is 5.69 Å². The Morgan fingerprint density at radius 2 is 1.57 bits per heavy atom. The third-order valence-electron chi connectivity index (χ3n) is 2.91. The van der Waals surface area contributed by atoms with Gasteiger partial charge >= 0.3 is 6.09 Å². The van der Waals surface area contributed by atoms with Crippen molar-refractivity contribution >= 4 is 22.8 Å². The van der Waals surface area contributed by atoms with Crippen LogP contribution in [0.4, 0.5) is 10.5 Å². The number of amides is 1. The molecule has 0 aliphatic heterocycles. The van der Waals surface area contributed by atoms with E-state index in [1.54, 1.807) is 19.1 Å². The zero-order chi connectivity index (χ0) is 14.7. The first kappa shape index (κ1) is 13.1. The van der Waals surface area contributed by atoms with Gasteiger partial charge in [0.15, 0.2) is 0 Å². The van der Waals surface area contributed by atoms with Crippen molar-refractivity contribution in [3.8, 4) is 5.88 Å². The average molecular weight is 279 g/mol. The van der Waals surface area contributed by atoms with Gasteiger partial charge in [-0.1, -0.05) is 30.3 Å². The Morgan fingerprint density at radius 1 is 0.952 bits per heavy atom. The first-order valence-corrected chi connectivity index (χ1v) is 6.49. The minimum absolute atomic E-state index is 0.210. The quantitative estimate of drug-likeness (QED) is 0.779. The Morgan fingerprint density at radius 3 is 2.29 bits per heavy atom. The minimum atomic E-state index is -0.589. The Balaban J connectivity index is 1.81. The fourth-order valence-corrected chi connectivity index (χ4v) is 1.92. The first-order valence-electron chi connectivity index (χ1n) is 6.49. The Bertz CT molecular complexity index is 788. The molecule has 1 heterocycles. The molecule has 0 fully saturated rings. The highest BCUT2D eigenvalue weighted by molar-refractivity contribution is 5.86. The van der Waals surface area contributed by atoms with Gasteiger partial charge in [0.25, 0.3) is 0 Å². The lowest BCUT2D eigenvalue weighted by atomic mass is 10.3. The van der Waals surface area contributed by atoms with E-state index >= 15 is 0 Å². The molecule has 1 aromatic heterocycles. The molecule has 3 aromatic rings. The number of carbonyl (C=O) groups is 1. The van der Waals surface area contributed by atoms with E-state index in [-0.39, 0.29) is 5.88 Å². The molecule has 0 atom stereocenters. The van der Waals surface area contributed by atoms with Gasteiger partial charge in [-0.15, -0.1) is 0 Å². The Labute approximate surface area is 121 Å². The average Bonchev–Trinajstić information content (AvgIpc) is 2.49. The van der Waals surface area contributed by atoms with Crippen LogP contribution in [0.3, 0.4) is 0 Å². The molecule has 0 radical (unpaired) electrons. The van der Waals surface area contributed by atoms with Gasteiger partial charge < -0.3 is 4.74 Å². The lowest BCUT2D eigenvalue weighted by Gasteiger charge is -2.08. The number of rotatable bonds is 2. The molecule has 3 rings (SSSR count). The molecule has 2 aromatic carbocycles. The van der Waals surface area contributed by atoms with Gasteiger partial charge in [-0.2, -0.15) is 0 Å². The molecule has 5 heteroatoms. The highest BCUT2D eigenvalue weighted by Crippen LogP contribution is 2.18. The summed E-state index contributed by atoms with van der Waals surface area (Å²) in [5.74, 6) is 0.210. The largest absolute Gasteiger partial charge is 0.418 e. The predicted molar refractivity (Wildman–Crippen MR) is 80.4 cm³/mol. The van der Waals surface area contributed by atoms with Crippen molar-refractivity contribution in [1.82, 2.24) is 9.97 Å². The zero-order valence-corrected chi connectivity index (χ0v) is 11.4. The summed E-state index contributed by atoms with van der Waals surface area (Å²) < 4.78 is 5.23. The van der Waals surface area contributed by atoms with Crippen molar-refractivity contribution in [2.24, 2.45) is 0 Å². The van der Waals surface area contributed by atoms with Gasteiger partial charge in [-0.25, -0.2) is 14.8 Å². The second kappa shape index (κ2) is 5.58. The SMILES string of the molecule is Cc1nc2ccccc2nc1OC(=O)Nc1ccccc1. The van der Waals surface area contributed by atoms with Crippen molar-refractivity contribution < 1.29 is 9.53 Å². The van der Waals surface area contributed by atoms with E-state index in [2.05, 4.69) is 15.3 Å². The Hall–Kier alpha value is -2.95. The molecule has 0 saturated carbocycles. The lowest BCUT2D eigenvalue weighted by Crippen LogP contribution is -2.18. The van der Waals surface area contributed by atoms with Crippen LogP contribution in [0, 0.1) is 6.92 Å². The van der Waals surface area contributed by atoms with Gasteiger partial charge in [0.05, 0.1) is 11.0 Å². The summed E-state index contributed by atoms with van der Waals surface area (Å²) in [6.07, 6.45) is -0.589. The van der Waals surface area contributed by atoms with Crippen LogP contribution in [0.25, 0.3) is 11.0 Å². The van der Waals surface area contributed by atoms with Crippen LogP contribution in [0.15, 0.2) is 54.6 Å². The van der Waals surface area contributed by atoms with E-state index in [1.165, 1.54) is 0 Å². The van der Waals surface area contributed by atoms with Crippen molar-refractivity contribution in [3.05, 3.63) is 60.3 Å². The van der Waals surface area contributed by atoms with Crippen LogP contribution in [0.5, 0.6) is 5.88 Å². The van der Waals surface area contributed by atoms with Crippen LogP contribution in [0.2, 0.25) is 0 Å². The monoisotopic (exact) mass is 279 g/mol. The van der Waals surface area contributed by atoms with Crippen molar-refractivity contribution in [1.29, 1.82) is 0 Å². The van der Waals surface area contributed by atoms with Crippen molar-refractivity contribution in [3.63, 3.8) is 0 Å². The summed E-state index contributed by atoms with van der Waals surface area (Å²) in [4.78, 5) is 20.5. The van der Waals surface area contributed by atoms with E-state index in [4.69, 9.17) is 4.74 Å². The number of nitrogens with one attached hydrogen (secondary N) is 1. The van der Waals surface area contributed by atoms with Crippen molar-refractivity contribution in [2.75, 3.05) is 5.32 Å². The summed E-state index contributed by atoms with van der Waals surface area (Å²) in [6.45, 7) is 1.75. The number of aryl methyl sites for hydroxylation is 1. The molecule has 1 amide bonds. The molecule has 104 valence electrons. The van der Waals surface area contributed by atoms with E-state index in [9.17, 15) is 4.79 Å². The number of anilines is 1. The third-order valence-corrected chi connectivity index (χ3v) is 2.91. The molecule has 0 unspecified atom stereocenters. The standard InChI is InChI=1S/C16H13N3O2/c1-11-15(19-14-10-6-5-9-13(14)17-11)21-16(20)18-12-7-3-2-4-8-12/h2-10H,1H3,(H,18,20). The van der Waals surface area contributed by atoms with Gasteiger partial charge in [-0.3, -0.25) is 5.32 Å². The number of benzene rings is 2. The van der Waals surface area contributed by atoms with Crippen LogP contribution in [-0.4, -0.2) is 16.1 Å². The van der Waals surface area contributed by atoms with E-state index < -0.39 is 6.09 Å². The molecular weight excluding hydrogens is 266 g/mol. The van der Waals surface area contributed by atoms with Crippen LogP contribution in [-0.2, 0) is 0 Å². The lowest BCUT2D eigenvalue weighted by molar-refractivity contribution is 0.213. The number of carbonyl (C=O) groups excluding carboxylic acids is 1. The molecule has 0 aliphatic rings. The number of para-hydroxylation sites is 3. The number of nitrogens with zero attached hydrogens (tertiary/aromatic N) is 2. The molecule has 21 heavy (non-hydrogen) atoms. The van der Waals surface area contributed by atoms with Crippen LogP contribution < -0.4 is 10.1 Å². The topological polar surface area (TPSA) is 64.1 Å². The van der Waals surface area contributed by atoms with E-state index in [1.807, 2.05) is 42.5 Å². The molecule has 0 saturated heterocycles. The smallest absolute Gasteiger partial charge is 0.389 e. The number of aromatic nitrogens is 2. The van der Waals surface area contributed by atoms with Gasteiger partial charge in [0, 0.05) is 5.69 Å². The normalized spacial score (nSPS) is 10.3. The maximum atomic E-state index is 11.9. The minimum Gasteiger partial charge on any atom is -0.389 e. The first-order chi connectivity index (χ1) is 10.2. The molecule has 1 N–H and O–H groups in total. The van der Waals surface area contributed by atoms with E-state index in [0.717, 1.165) is 5.52 Å². The number of hydrogen-bond acceptors (Lipinski definition) is 4. The highest BCUT2D eigenvalue weighted by atomic mass is 16.6. The van der Waals surface area contributed by atoms with E-state index in [0.29, 0.717) is 16.9 Å². The summed E-state index contributed by atoms with van der Waals surface area (Å²) in [6, 6.07) is 16.5. The third kappa shape index (κ3) is 2.97. The second-order valence-corrected chi connectivity index (χ2v) is 4.48. The summed E-state index contributed by atoms with van der Waals surface area (Å²) in [7, 11) is 0. The van der Waals surface area contributed by atoms with Gasteiger partial charge in [-0.05, 0) is 31.2 Å². The molecule has 0 aliphatic carbocycles. The maximum absolute atomic E-state index is 11.9. The van der Waals surface area contributed by atoms with Crippen LogP contribution in [0.1, 0.15) is 5.69 Å². The summed E-state index contributed by atoms with van der Waals surface area (Å²) in [5.41, 5.74) is 2.68.